The van der Waals surface area contributed by atoms with E-state index < -0.39 is 0 Å². The number of nitrogens with zero attached hydrogens (tertiary/aromatic N) is 2. The summed E-state index contributed by atoms with van der Waals surface area (Å²) in [6.07, 6.45) is 4.20. The van der Waals surface area contributed by atoms with Gasteiger partial charge in [-0.25, -0.2) is 4.98 Å². The molecule has 32 heavy (non-hydrogen) atoms. The van der Waals surface area contributed by atoms with E-state index in [1.165, 1.54) is 11.3 Å². The first kappa shape index (κ1) is 20.6. The largest absolute Gasteiger partial charge is 0.325 e. The maximum absolute atomic E-state index is 13.2. The van der Waals surface area contributed by atoms with Gasteiger partial charge in [0, 0.05) is 27.0 Å². The van der Waals surface area contributed by atoms with Crippen molar-refractivity contribution >= 4 is 56.5 Å². The van der Waals surface area contributed by atoms with Crippen LogP contribution in [0, 0.1) is 0 Å². The van der Waals surface area contributed by atoms with Crippen molar-refractivity contribution < 1.29 is 9.59 Å². The summed E-state index contributed by atoms with van der Waals surface area (Å²) in [4.78, 5) is 35.8. The molecule has 0 spiro atoms. The monoisotopic (exact) mass is 462 g/mol. The molecule has 2 aromatic heterocycles. The molecule has 1 aliphatic carbocycles. The van der Waals surface area contributed by atoms with Gasteiger partial charge in [-0.2, -0.15) is 0 Å². The number of anilines is 2. The summed E-state index contributed by atoms with van der Waals surface area (Å²) >= 11 is 7.33. The van der Waals surface area contributed by atoms with E-state index in [1.807, 2.05) is 30.3 Å². The van der Waals surface area contributed by atoms with Gasteiger partial charge in [0.1, 0.15) is 0 Å². The molecule has 160 valence electrons. The van der Waals surface area contributed by atoms with Crippen molar-refractivity contribution in [3.63, 3.8) is 0 Å². The van der Waals surface area contributed by atoms with Crippen molar-refractivity contribution in [3.8, 4) is 0 Å². The van der Waals surface area contributed by atoms with Crippen LogP contribution in [0.3, 0.4) is 0 Å². The molecule has 1 unspecified atom stereocenters. The van der Waals surface area contributed by atoms with E-state index in [2.05, 4.69) is 20.6 Å². The molecule has 6 nitrogen and oxygen atoms in total. The average molecular weight is 463 g/mol. The smallest absolute Gasteiger partial charge is 0.257 e. The van der Waals surface area contributed by atoms with Gasteiger partial charge in [-0.3, -0.25) is 19.9 Å². The normalized spacial score (nSPS) is 15.2. The summed E-state index contributed by atoms with van der Waals surface area (Å²) in [5, 5.41) is 7.89. The third-order valence-corrected chi connectivity index (χ3v) is 6.80. The number of fused-ring (bicyclic) bond motifs is 2. The van der Waals surface area contributed by atoms with Crippen molar-refractivity contribution in [2.45, 2.75) is 25.2 Å². The van der Waals surface area contributed by atoms with Gasteiger partial charge in [-0.05, 0) is 67.8 Å². The van der Waals surface area contributed by atoms with Crippen LogP contribution >= 0.6 is 22.9 Å². The molecule has 4 aromatic rings. The van der Waals surface area contributed by atoms with E-state index >= 15 is 0 Å². The maximum atomic E-state index is 13.2. The second-order valence-corrected chi connectivity index (χ2v) is 9.12. The number of thiazole rings is 1. The van der Waals surface area contributed by atoms with Crippen LogP contribution < -0.4 is 10.6 Å². The number of hydrogen-bond acceptors (Lipinski definition) is 5. The summed E-state index contributed by atoms with van der Waals surface area (Å²) in [5.74, 6) is -0.705. The molecule has 5 rings (SSSR count). The minimum atomic E-state index is -0.358. The SMILES string of the molecule is O=C(Nc1nc2c(s1)CCCC2C(=O)Nc1cccc2ncccc12)c1ccc(Cl)cc1. The predicted octanol–water partition coefficient (Wildman–Crippen LogP) is 5.66. The molecule has 2 heterocycles. The van der Waals surface area contributed by atoms with Gasteiger partial charge in [0.15, 0.2) is 5.13 Å². The number of pyridine rings is 1. The van der Waals surface area contributed by atoms with Crippen molar-refractivity contribution in [1.82, 2.24) is 9.97 Å². The standard InChI is InChI=1S/C24H19ClN4O2S/c25-15-11-9-14(10-12-15)22(30)29-24-28-21-17(4-1-8-20(21)32-24)23(31)27-19-7-2-6-18-16(19)5-3-13-26-18/h2-3,5-7,9-13,17H,1,4,8H2,(H,27,31)(H,28,29,30). The lowest BCUT2D eigenvalue weighted by molar-refractivity contribution is -0.117. The lowest BCUT2D eigenvalue weighted by atomic mass is 9.90. The number of amides is 2. The molecule has 1 atom stereocenters. The predicted molar refractivity (Wildman–Crippen MR) is 128 cm³/mol. The summed E-state index contributed by atoms with van der Waals surface area (Å²) in [6, 6.07) is 16.2. The minimum Gasteiger partial charge on any atom is -0.325 e. The van der Waals surface area contributed by atoms with Crippen LogP contribution in [0.2, 0.25) is 5.02 Å². The second-order valence-electron chi connectivity index (χ2n) is 7.60. The molecule has 8 heteroatoms. The maximum Gasteiger partial charge on any atom is 0.257 e. The van der Waals surface area contributed by atoms with Gasteiger partial charge < -0.3 is 5.32 Å². The number of carbonyl (C=O) groups is 2. The lowest BCUT2D eigenvalue weighted by Gasteiger charge is -2.20. The minimum absolute atomic E-state index is 0.0943. The van der Waals surface area contributed by atoms with E-state index in [9.17, 15) is 9.59 Å². The molecule has 2 N–H and O–H groups in total. The molecule has 2 aromatic carbocycles. The number of aryl methyl sites for hydroxylation is 1. The fourth-order valence-corrected chi connectivity index (χ4v) is 5.12. The summed E-state index contributed by atoms with van der Waals surface area (Å²) in [7, 11) is 0. The molecule has 0 saturated carbocycles. The Morgan fingerprint density at radius 2 is 1.88 bits per heavy atom. The quantitative estimate of drug-likeness (QED) is 0.410. The number of carbonyl (C=O) groups excluding carboxylic acids is 2. The molecule has 0 fully saturated rings. The summed E-state index contributed by atoms with van der Waals surface area (Å²) < 4.78 is 0. The molecular formula is C24H19ClN4O2S. The first-order valence-electron chi connectivity index (χ1n) is 10.3. The topological polar surface area (TPSA) is 84.0 Å². The first-order chi connectivity index (χ1) is 15.6. The van der Waals surface area contributed by atoms with Gasteiger partial charge in [-0.1, -0.05) is 17.7 Å². The Morgan fingerprint density at radius 1 is 1.03 bits per heavy atom. The fraction of sp³-hybridized carbons (Fsp3) is 0.167. The number of aromatic nitrogens is 2. The molecule has 2 amide bonds. The Hall–Kier alpha value is -3.29. The highest BCUT2D eigenvalue weighted by Crippen LogP contribution is 2.38. The van der Waals surface area contributed by atoms with Gasteiger partial charge in [0.2, 0.25) is 5.91 Å². The molecule has 0 aliphatic heterocycles. The zero-order chi connectivity index (χ0) is 22.1. The van der Waals surface area contributed by atoms with Crippen LogP contribution in [-0.4, -0.2) is 21.8 Å². The first-order valence-corrected chi connectivity index (χ1v) is 11.5. The van der Waals surface area contributed by atoms with Crippen molar-refractivity contribution in [2.75, 3.05) is 10.6 Å². The Bertz CT molecular complexity index is 1310. The van der Waals surface area contributed by atoms with Crippen LogP contribution in [0.4, 0.5) is 10.8 Å². The van der Waals surface area contributed by atoms with Gasteiger partial charge in [0.25, 0.3) is 5.91 Å². The lowest BCUT2D eigenvalue weighted by Crippen LogP contribution is -2.24. The molecule has 0 radical (unpaired) electrons. The van der Waals surface area contributed by atoms with Crippen molar-refractivity contribution in [3.05, 3.63) is 82.0 Å². The van der Waals surface area contributed by atoms with E-state index in [1.54, 1.807) is 30.5 Å². The van der Waals surface area contributed by atoms with Crippen LogP contribution in [-0.2, 0) is 11.2 Å². The van der Waals surface area contributed by atoms with E-state index in [4.69, 9.17) is 11.6 Å². The van der Waals surface area contributed by atoms with Crippen molar-refractivity contribution in [2.24, 2.45) is 0 Å². The third-order valence-electron chi connectivity index (χ3n) is 5.50. The second kappa shape index (κ2) is 8.68. The van der Waals surface area contributed by atoms with Crippen LogP contribution in [0.25, 0.3) is 10.9 Å². The number of hydrogen-bond donors (Lipinski definition) is 2. The zero-order valence-electron chi connectivity index (χ0n) is 17.0. The Balaban J connectivity index is 1.36. The number of halogens is 1. The van der Waals surface area contributed by atoms with E-state index in [0.717, 1.165) is 46.4 Å². The van der Waals surface area contributed by atoms with Crippen LogP contribution in [0.1, 0.15) is 39.7 Å². The van der Waals surface area contributed by atoms with Crippen LogP contribution in [0.5, 0.6) is 0 Å². The molecular weight excluding hydrogens is 444 g/mol. The van der Waals surface area contributed by atoms with Gasteiger partial charge in [0.05, 0.1) is 22.8 Å². The molecule has 0 bridgehead atoms. The summed E-state index contributed by atoms with van der Waals surface area (Å²) in [6.45, 7) is 0. The average Bonchev–Trinajstić information content (AvgIpc) is 3.22. The Kier molecular flexibility index (Phi) is 5.59. The zero-order valence-corrected chi connectivity index (χ0v) is 18.5. The highest BCUT2D eigenvalue weighted by molar-refractivity contribution is 7.16. The number of rotatable bonds is 4. The number of benzene rings is 2. The van der Waals surface area contributed by atoms with Gasteiger partial charge in [-0.15, -0.1) is 11.3 Å². The van der Waals surface area contributed by atoms with Crippen molar-refractivity contribution in [1.29, 1.82) is 0 Å². The Labute approximate surface area is 193 Å². The van der Waals surface area contributed by atoms with Crippen LogP contribution in [0.15, 0.2) is 60.8 Å². The van der Waals surface area contributed by atoms with E-state index in [-0.39, 0.29) is 17.7 Å². The van der Waals surface area contributed by atoms with Gasteiger partial charge >= 0.3 is 0 Å². The Morgan fingerprint density at radius 3 is 2.72 bits per heavy atom. The number of nitrogens with one attached hydrogen (secondary N) is 2. The highest BCUT2D eigenvalue weighted by atomic mass is 35.5. The third kappa shape index (κ3) is 4.09. The molecule has 1 aliphatic rings. The highest BCUT2D eigenvalue weighted by Gasteiger charge is 2.31. The fourth-order valence-electron chi connectivity index (χ4n) is 3.93. The van der Waals surface area contributed by atoms with E-state index in [0.29, 0.717) is 15.7 Å². The summed E-state index contributed by atoms with van der Waals surface area (Å²) in [5.41, 5.74) is 2.82. The molecule has 0 saturated heterocycles.